The minimum Gasteiger partial charge on any atom is -0.477 e. The van der Waals surface area contributed by atoms with E-state index >= 15 is 0 Å². The third-order valence-electron chi connectivity index (χ3n) is 3.43. The lowest BCUT2D eigenvalue weighted by atomic mass is 10.1. The van der Waals surface area contributed by atoms with Gasteiger partial charge in [0.05, 0.1) is 0 Å². The van der Waals surface area contributed by atoms with Crippen molar-refractivity contribution in [2.75, 3.05) is 6.54 Å². The van der Waals surface area contributed by atoms with Gasteiger partial charge in [0.25, 0.3) is 0 Å². The normalized spacial score (nSPS) is 15.8. The molecule has 1 aromatic rings. The lowest BCUT2D eigenvalue weighted by Gasteiger charge is -2.11. The number of aromatic nitrogens is 1. The quantitative estimate of drug-likeness (QED) is 0.831. The highest BCUT2D eigenvalue weighted by molar-refractivity contribution is 5.86. The summed E-state index contributed by atoms with van der Waals surface area (Å²) in [6.07, 6.45) is 6.48. The van der Waals surface area contributed by atoms with E-state index in [0.717, 1.165) is 0 Å². The van der Waals surface area contributed by atoms with Gasteiger partial charge in [-0.3, -0.25) is 4.79 Å². The first-order valence-electron chi connectivity index (χ1n) is 6.32. The molecule has 5 nitrogen and oxygen atoms in total. The van der Waals surface area contributed by atoms with Crippen molar-refractivity contribution < 1.29 is 14.7 Å². The van der Waals surface area contributed by atoms with Crippen molar-refractivity contribution in [2.24, 2.45) is 5.92 Å². The zero-order valence-corrected chi connectivity index (χ0v) is 10.3. The zero-order valence-electron chi connectivity index (χ0n) is 10.3. The number of carbonyl (C=O) groups excluding carboxylic acids is 1. The Balaban J connectivity index is 1.82. The predicted octanol–water partition coefficient (Wildman–Crippen LogP) is 1.49. The van der Waals surface area contributed by atoms with E-state index in [4.69, 9.17) is 5.11 Å². The smallest absolute Gasteiger partial charge is 0.352 e. The van der Waals surface area contributed by atoms with Crippen LogP contribution in [0.2, 0.25) is 0 Å². The van der Waals surface area contributed by atoms with Gasteiger partial charge in [-0.2, -0.15) is 0 Å². The van der Waals surface area contributed by atoms with Gasteiger partial charge in [0, 0.05) is 12.7 Å². The highest BCUT2D eigenvalue weighted by Crippen LogP contribution is 2.23. The zero-order chi connectivity index (χ0) is 13.0. The fourth-order valence-corrected chi connectivity index (χ4v) is 2.43. The van der Waals surface area contributed by atoms with Gasteiger partial charge in [-0.1, -0.05) is 12.8 Å². The fourth-order valence-electron chi connectivity index (χ4n) is 2.43. The third-order valence-corrected chi connectivity index (χ3v) is 3.43. The molecule has 0 aromatic carbocycles. The Morgan fingerprint density at radius 3 is 2.78 bits per heavy atom. The van der Waals surface area contributed by atoms with E-state index in [9.17, 15) is 9.59 Å². The molecule has 2 rings (SSSR count). The van der Waals surface area contributed by atoms with E-state index in [1.807, 2.05) is 0 Å². The Labute approximate surface area is 106 Å². The van der Waals surface area contributed by atoms with E-state index in [0.29, 0.717) is 12.5 Å². The number of carbonyl (C=O) groups is 2. The van der Waals surface area contributed by atoms with Gasteiger partial charge in [0.1, 0.15) is 12.2 Å². The highest BCUT2D eigenvalue weighted by atomic mass is 16.4. The first kappa shape index (κ1) is 12.7. The average Bonchev–Trinajstić information content (AvgIpc) is 2.96. The summed E-state index contributed by atoms with van der Waals surface area (Å²) in [6, 6.07) is 3.13. The Morgan fingerprint density at radius 1 is 1.39 bits per heavy atom. The Bertz CT molecular complexity index is 433. The summed E-state index contributed by atoms with van der Waals surface area (Å²) in [5.74, 6) is -0.540. The van der Waals surface area contributed by atoms with E-state index in [1.165, 1.54) is 36.3 Å². The number of hydrogen-bond donors (Lipinski definition) is 2. The minimum atomic E-state index is -1.01. The van der Waals surface area contributed by atoms with Crippen LogP contribution in [-0.4, -0.2) is 28.1 Å². The van der Waals surface area contributed by atoms with Crippen LogP contribution in [0, 0.1) is 5.92 Å². The first-order valence-corrected chi connectivity index (χ1v) is 6.32. The summed E-state index contributed by atoms with van der Waals surface area (Å²) < 4.78 is 1.45. The maximum absolute atomic E-state index is 11.7. The SMILES string of the molecule is O=C(Cn1cccc1C(=O)O)NCC1CCCC1. The second-order valence-electron chi connectivity index (χ2n) is 4.78. The summed E-state index contributed by atoms with van der Waals surface area (Å²) >= 11 is 0. The van der Waals surface area contributed by atoms with Gasteiger partial charge in [-0.05, 0) is 30.9 Å². The lowest BCUT2D eigenvalue weighted by molar-refractivity contribution is -0.121. The lowest BCUT2D eigenvalue weighted by Crippen LogP contribution is -2.31. The summed E-state index contributed by atoms with van der Waals surface area (Å²) in [5.41, 5.74) is 0.144. The molecular weight excluding hydrogens is 232 g/mol. The summed E-state index contributed by atoms with van der Waals surface area (Å²) in [4.78, 5) is 22.6. The molecule has 2 N–H and O–H groups in total. The van der Waals surface area contributed by atoms with Gasteiger partial charge in [0.15, 0.2) is 0 Å². The standard InChI is InChI=1S/C13H18N2O3/c16-12(14-8-10-4-1-2-5-10)9-15-7-3-6-11(15)13(17)18/h3,6-7,10H,1-2,4-5,8-9H2,(H,14,16)(H,17,18). The molecule has 98 valence electrons. The van der Waals surface area contributed by atoms with Crippen LogP contribution in [0.25, 0.3) is 0 Å². The van der Waals surface area contributed by atoms with Crippen molar-refractivity contribution in [3.05, 3.63) is 24.0 Å². The van der Waals surface area contributed by atoms with Gasteiger partial charge in [0.2, 0.25) is 5.91 Å². The molecule has 0 radical (unpaired) electrons. The van der Waals surface area contributed by atoms with Crippen LogP contribution < -0.4 is 5.32 Å². The molecular formula is C13H18N2O3. The maximum Gasteiger partial charge on any atom is 0.352 e. The molecule has 1 heterocycles. The Morgan fingerprint density at radius 2 is 2.11 bits per heavy atom. The summed E-state index contributed by atoms with van der Waals surface area (Å²) in [6.45, 7) is 0.782. The van der Waals surface area contributed by atoms with Crippen LogP contribution in [-0.2, 0) is 11.3 Å². The van der Waals surface area contributed by atoms with Gasteiger partial charge >= 0.3 is 5.97 Å². The maximum atomic E-state index is 11.7. The van der Waals surface area contributed by atoms with Crippen molar-refractivity contribution in [3.63, 3.8) is 0 Å². The van der Waals surface area contributed by atoms with Crippen molar-refractivity contribution in [1.82, 2.24) is 9.88 Å². The second kappa shape index (κ2) is 5.71. The first-order chi connectivity index (χ1) is 8.66. The number of amides is 1. The van der Waals surface area contributed by atoms with Crippen LogP contribution in [0.1, 0.15) is 36.2 Å². The van der Waals surface area contributed by atoms with Gasteiger partial charge in [-0.25, -0.2) is 4.79 Å². The minimum absolute atomic E-state index is 0.0708. The molecule has 1 aromatic heterocycles. The molecule has 1 fully saturated rings. The van der Waals surface area contributed by atoms with Crippen LogP contribution in [0.4, 0.5) is 0 Å². The number of rotatable bonds is 5. The second-order valence-corrected chi connectivity index (χ2v) is 4.78. The monoisotopic (exact) mass is 250 g/mol. The van der Waals surface area contributed by atoms with Crippen LogP contribution >= 0.6 is 0 Å². The molecule has 1 aliphatic carbocycles. The Hall–Kier alpha value is -1.78. The van der Waals surface area contributed by atoms with Crippen molar-refractivity contribution in [1.29, 1.82) is 0 Å². The molecule has 1 aliphatic rings. The number of nitrogens with one attached hydrogen (secondary N) is 1. The van der Waals surface area contributed by atoms with E-state index in [-0.39, 0.29) is 18.1 Å². The van der Waals surface area contributed by atoms with Crippen molar-refractivity contribution in [2.45, 2.75) is 32.2 Å². The van der Waals surface area contributed by atoms with Crippen LogP contribution in [0.5, 0.6) is 0 Å². The highest BCUT2D eigenvalue weighted by Gasteiger charge is 2.16. The van der Waals surface area contributed by atoms with E-state index in [1.54, 1.807) is 12.3 Å². The molecule has 0 bridgehead atoms. The average molecular weight is 250 g/mol. The van der Waals surface area contributed by atoms with Crippen molar-refractivity contribution in [3.8, 4) is 0 Å². The predicted molar refractivity (Wildman–Crippen MR) is 66.4 cm³/mol. The molecule has 0 saturated heterocycles. The number of carboxylic acids is 1. The third kappa shape index (κ3) is 3.12. The molecule has 1 saturated carbocycles. The Kier molecular flexibility index (Phi) is 4.02. The number of hydrogen-bond acceptors (Lipinski definition) is 2. The summed E-state index contributed by atoms with van der Waals surface area (Å²) in [5, 5.41) is 11.8. The van der Waals surface area contributed by atoms with Crippen LogP contribution in [0.15, 0.2) is 18.3 Å². The molecule has 5 heteroatoms. The molecule has 0 spiro atoms. The fraction of sp³-hybridized carbons (Fsp3) is 0.538. The summed E-state index contributed by atoms with van der Waals surface area (Å²) in [7, 11) is 0. The molecule has 0 aliphatic heterocycles. The number of aromatic carboxylic acids is 1. The topological polar surface area (TPSA) is 71.3 Å². The largest absolute Gasteiger partial charge is 0.477 e. The molecule has 0 atom stereocenters. The molecule has 18 heavy (non-hydrogen) atoms. The van der Waals surface area contributed by atoms with Gasteiger partial charge in [-0.15, -0.1) is 0 Å². The van der Waals surface area contributed by atoms with Crippen LogP contribution in [0.3, 0.4) is 0 Å². The molecule has 1 amide bonds. The van der Waals surface area contributed by atoms with Gasteiger partial charge < -0.3 is 15.0 Å². The van der Waals surface area contributed by atoms with Crippen molar-refractivity contribution >= 4 is 11.9 Å². The van der Waals surface area contributed by atoms with E-state index in [2.05, 4.69) is 5.32 Å². The molecule has 0 unspecified atom stereocenters. The van der Waals surface area contributed by atoms with E-state index < -0.39 is 5.97 Å². The number of carboxylic acid groups (broad SMARTS) is 1. The number of nitrogens with zero attached hydrogens (tertiary/aromatic N) is 1.